The molecule has 0 aliphatic heterocycles. The van der Waals surface area contributed by atoms with Gasteiger partial charge in [-0.1, -0.05) is 273 Å². The summed E-state index contributed by atoms with van der Waals surface area (Å²) in [6.45, 7) is 0. The average Bonchev–Trinajstić information content (AvgIpc) is 3.30. The van der Waals surface area contributed by atoms with Crippen molar-refractivity contribution in [2.45, 2.75) is 0 Å². The maximum absolute atomic E-state index is 2.23. The first-order valence-corrected chi connectivity index (χ1v) is 23.2. The predicted molar refractivity (Wildman–Crippen MR) is 261 cm³/mol. The number of hydrogen-bond acceptors (Lipinski definition) is 0. The van der Waals surface area contributed by atoms with Crippen LogP contribution in [-0.4, -0.2) is 0 Å². The Morgan fingerprint density at radius 1 is 0.138 bits per heavy atom. The molecular weight excluding hydrogens is 843 g/mol. The number of rotatable bonds is 9. The molecule has 0 radical (unpaired) electrons. The fourth-order valence-corrected chi connectivity index (χ4v) is 13.5. The Morgan fingerprint density at radius 2 is 0.224 bits per heavy atom. The Labute approximate surface area is 361 Å². The van der Waals surface area contributed by atoms with Gasteiger partial charge in [-0.25, -0.2) is 0 Å². The van der Waals surface area contributed by atoms with Crippen LogP contribution in [0.5, 0.6) is 0 Å². The third kappa shape index (κ3) is 12.0. The van der Waals surface area contributed by atoms with Crippen molar-refractivity contribution in [1.29, 1.82) is 0 Å². The van der Waals surface area contributed by atoms with Crippen molar-refractivity contribution in [2.75, 3.05) is 0 Å². The second-order valence-corrected chi connectivity index (χ2v) is 19.7. The Morgan fingerprint density at radius 3 is 0.310 bits per heavy atom. The van der Waals surface area contributed by atoms with Gasteiger partial charge in [0.15, 0.2) is 0 Å². The van der Waals surface area contributed by atoms with Crippen LogP contribution in [0.2, 0.25) is 0 Å². The molecule has 9 aromatic rings. The molecule has 0 fully saturated rings. The zero-order valence-corrected chi connectivity index (χ0v) is 37.5. The van der Waals surface area contributed by atoms with Crippen LogP contribution in [0.1, 0.15) is 0 Å². The van der Waals surface area contributed by atoms with E-state index in [4.69, 9.17) is 0 Å². The van der Waals surface area contributed by atoms with Gasteiger partial charge in [-0.3, -0.25) is 0 Å². The molecule has 0 nitrogen and oxygen atoms in total. The van der Waals surface area contributed by atoms with E-state index in [1.165, 1.54) is 47.7 Å². The van der Waals surface area contributed by atoms with Gasteiger partial charge >= 0.3 is 19.5 Å². The van der Waals surface area contributed by atoms with Gasteiger partial charge in [0.05, 0.1) is 0 Å². The summed E-state index contributed by atoms with van der Waals surface area (Å²) in [6.07, 6.45) is 0. The van der Waals surface area contributed by atoms with E-state index in [0.29, 0.717) is 0 Å². The van der Waals surface area contributed by atoms with Crippen LogP contribution in [0.15, 0.2) is 273 Å². The van der Waals surface area contributed by atoms with Crippen molar-refractivity contribution in [2.24, 2.45) is 0 Å². The largest absolute Gasteiger partial charge is 0.0622 e. The summed E-state index contributed by atoms with van der Waals surface area (Å²) in [7, 11) is -1.34. The van der Waals surface area contributed by atoms with Crippen LogP contribution < -0.4 is 47.7 Å². The molecule has 0 saturated heterocycles. The Balaban J connectivity index is 0.000000145. The van der Waals surface area contributed by atoms with Gasteiger partial charge in [-0.05, 0) is 71.5 Å². The fourth-order valence-electron chi connectivity index (χ4n) is 6.54. The summed E-state index contributed by atoms with van der Waals surface area (Å²) in [5.41, 5.74) is 0. The molecule has 0 bridgehead atoms. The Kier molecular flexibility index (Phi) is 17.1. The molecule has 58 heavy (non-hydrogen) atoms. The van der Waals surface area contributed by atoms with Gasteiger partial charge in [0.25, 0.3) is 0 Å². The summed E-state index contributed by atoms with van der Waals surface area (Å²) in [5.74, 6) is 0. The first kappa shape index (κ1) is 42.5. The average molecular weight is 892 g/mol. The van der Waals surface area contributed by atoms with Crippen molar-refractivity contribution in [1.82, 2.24) is 0 Å². The first-order valence-electron chi connectivity index (χ1n) is 19.2. The maximum Gasteiger partial charge on any atom is -0.0134 e. The van der Waals surface area contributed by atoms with Crippen molar-refractivity contribution in [3.63, 3.8) is 0 Å². The van der Waals surface area contributed by atoms with Crippen LogP contribution in [0.25, 0.3) is 0 Å². The van der Waals surface area contributed by atoms with E-state index >= 15 is 0 Å². The summed E-state index contributed by atoms with van der Waals surface area (Å²) < 4.78 is 0. The summed E-state index contributed by atoms with van der Waals surface area (Å²) in [5, 5.41) is 12.6. The molecule has 0 aliphatic carbocycles. The van der Waals surface area contributed by atoms with E-state index in [-0.39, 0.29) is 19.5 Å². The number of hydrogen-bond donors (Lipinski definition) is 0. The summed E-state index contributed by atoms with van der Waals surface area (Å²) in [6, 6.07) is 97.0. The van der Waals surface area contributed by atoms with E-state index in [1.54, 1.807) is 0 Å². The van der Waals surface area contributed by atoms with E-state index in [2.05, 4.69) is 273 Å². The molecule has 288 valence electrons. The normalized spacial score (nSPS) is 10.4. The van der Waals surface area contributed by atoms with Crippen molar-refractivity contribution < 1.29 is 19.5 Å². The quantitative estimate of drug-likeness (QED) is 0.100. The summed E-state index contributed by atoms with van der Waals surface area (Å²) in [4.78, 5) is 0. The van der Waals surface area contributed by atoms with Crippen molar-refractivity contribution in [3.05, 3.63) is 273 Å². The molecule has 0 N–H and O–H groups in total. The molecular formula is C54H49P3Ru. The third-order valence-corrected chi connectivity index (χ3v) is 16.5. The van der Waals surface area contributed by atoms with Gasteiger partial charge in [0.1, 0.15) is 0 Å². The molecule has 0 unspecified atom stereocenters. The van der Waals surface area contributed by atoms with E-state index < -0.39 is 23.8 Å². The van der Waals surface area contributed by atoms with Crippen LogP contribution in [-0.2, 0) is 19.5 Å². The van der Waals surface area contributed by atoms with Crippen LogP contribution in [0, 0.1) is 0 Å². The van der Waals surface area contributed by atoms with Crippen LogP contribution in [0.3, 0.4) is 0 Å². The van der Waals surface area contributed by atoms with Gasteiger partial charge in [-0.2, -0.15) is 0 Å². The molecule has 0 heterocycles. The van der Waals surface area contributed by atoms with Gasteiger partial charge in [-0.15, -0.1) is 0 Å². The van der Waals surface area contributed by atoms with E-state index in [9.17, 15) is 0 Å². The molecule has 9 aromatic carbocycles. The molecule has 0 aliphatic rings. The minimum absolute atomic E-state index is 0. The molecule has 0 amide bonds. The molecule has 0 saturated carbocycles. The molecule has 4 heteroatoms. The van der Waals surface area contributed by atoms with Crippen LogP contribution in [0.4, 0.5) is 0 Å². The standard InChI is InChI=1S/3C18H15P.Ru.4H/c3*1-4-10-16(11-5-1)19(17-12-6-2-7-13-17)18-14-8-3-9-15-18;;;;;/h3*1-15H;;;;;. The van der Waals surface area contributed by atoms with Crippen molar-refractivity contribution >= 4 is 71.5 Å². The minimum atomic E-state index is -0.446. The Hall–Kier alpha value is -5.11. The second-order valence-electron chi connectivity index (χ2n) is 13.0. The maximum atomic E-state index is 2.23. The molecule has 0 spiro atoms. The fraction of sp³-hybridized carbons (Fsp3) is 0. The Bertz CT molecular complexity index is 1860. The van der Waals surface area contributed by atoms with Gasteiger partial charge in [0, 0.05) is 0 Å². The zero-order valence-electron chi connectivity index (χ0n) is 32.3. The van der Waals surface area contributed by atoms with Gasteiger partial charge < -0.3 is 0 Å². The van der Waals surface area contributed by atoms with E-state index in [1.807, 2.05) is 0 Å². The first-order chi connectivity index (χ1) is 28.3. The molecule has 0 aromatic heterocycles. The molecule has 0 atom stereocenters. The molecule has 9 rings (SSSR count). The SMILES string of the molecule is [RuH4].c1ccc(P(c2ccccc2)c2ccccc2)cc1.c1ccc(P(c2ccccc2)c2ccccc2)cc1.c1ccc(P(c2ccccc2)c2ccccc2)cc1. The van der Waals surface area contributed by atoms with Crippen molar-refractivity contribution in [3.8, 4) is 0 Å². The third-order valence-electron chi connectivity index (χ3n) is 9.13. The topological polar surface area (TPSA) is 0 Å². The van der Waals surface area contributed by atoms with Crippen LogP contribution >= 0.6 is 23.8 Å². The second kappa shape index (κ2) is 23.3. The zero-order chi connectivity index (χ0) is 38.7. The number of benzene rings is 9. The monoisotopic (exact) mass is 892 g/mol. The summed E-state index contributed by atoms with van der Waals surface area (Å²) >= 11 is 0. The predicted octanol–water partition coefficient (Wildman–Crippen LogP) is 9.26. The minimum Gasteiger partial charge on any atom is -0.0622 e. The smallest absolute Gasteiger partial charge is 0.0134 e. The van der Waals surface area contributed by atoms with E-state index in [0.717, 1.165) is 0 Å². The van der Waals surface area contributed by atoms with Gasteiger partial charge in [0.2, 0.25) is 0 Å².